The van der Waals surface area contributed by atoms with Gasteiger partial charge in [0.25, 0.3) is 0 Å². The minimum atomic E-state index is 0. The van der Waals surface area contributed by atoms with E-state index in [9.17, 15) is 0 Å². The van der Waals surface area contributed by atoms with Gasteiger partial charge in [-0.2, -0.15) is 6.42 Å². The summed E-state index contributed by atoms with van der Waals surface area (Å²) in [6.45, 7) is 2.01. The van der Waals surface area contributed by atoms with Crippen LogP contribution in [0, 0.1) is 6.42 Å². The van der Waals surface area contributed by atoms with Crippen molar-refractivity contribution in [3.8, 4) is 0 Å². The fourth-order valence-electron chi connectivity index (χ4n) is 0.606. The molecule has 1 fully saturated rings. The molecule has 1 heterocycles. The third-order valence-electron chi connectivity index (χ3n) is 0.984. The zero-order valence-corrected chi connectivity index (χ0v) is 5.57. The smallest absolute Gasteiger partial charge is 0 e. The maximum atomic E-state index is 5.34. The van der Waals surface area contributed by atoms with Gasteiger partial charge in [-0.3, -0.25) is 10.9 Å². The van der Waals surface area contributed by atoms with Crippen molar-refractivity contribution in [2.45, 2.75) is 6.42 Å². The molecule has 2 N–H and O–H groups in total. The first-order valence-corrected chi connectivity index (χ1v) is 2.21. The second kappa shape index (κ2) is 3.50. The summed E-state index contributed by atoms with van der Waals surface area (Å²) in [5.74, 6) is 5.34. The van der Waals surface area contributed by atoms with Gasteiger partial charge < -0.3 is 6.42 Å². The van der Waals surface area contributed by atoms with E-state index in [1.165, 1.54) is 0 Å². The van der Waals surface area contributed by atoms with Crippen LogP contribution in [0.25, 0.3) is 0 Å². The molecule has 0 bridgehead atoms. The van der Waals surface area contributed by atoms with Crippen LogP contribution < -0.4 is 5.84 Å². The fourth-order valence-corrected chi connectivity index (χ4v) is 0.606. The molecule has 0 aromatic rings. The molecule has 0 spiro atoms. The fraction of sp³-hybridized carbons (Fsp3) is 0.750. The molecule has 1 saturated heterocycles. The van der Waals surface area contributed by atoms with Crippen LogP contribution in [-0.2, 0) is 18.6 Å². The first-order valence-electron chi connectivity index (χ1n) is 2.21. The van der Waals surface area contributed by atoms with Gasteiger partial charge in [0.2, 0.25) is 0 Å². The summed E-state index contributed by atoms with van der Waals surface area (Å²) >= 11 is 0. The Labute approximate surface area is 55.9 Å². The molecule has 0 aromatic heterocycles. The van der Waals surface area contributed by atoms with Gasteiger partial charge in [-0.1, -0.05) is 0 Å². The molecule has 0 saturated carbocycles. The van der Waals surface area contributed by atoms with E-state index >= 15 is 0 Å². The van der Waals surface area contributed by atoms with Crippen molar-refractivity contribution in [1.29, 1.82) is 0 Å². The monoisotopic (exact) mass is 136 g/mol. The van der Waals surface area contributed by atoms with E-state index in [2.05, 4.69) is 6.42 Å². The zero-order valence-electron chi connectivity index (χ0n) is 4.17. The Bertz CT molecular complexity index is 43.0. The number of nitrogens with two attached hydrogens (primary N) is 1. The van der Waals surface area contributed by atoms with Crippen molar-refractivity contribution >= 4 is 0 Å². The summed E-state index contributed by atoms with van der Waals surface area (Å²) in [4.78, 5) is 0. The maximum Gasteiger partial charge on any atom is 0 e. The number of nitrogens with zero attached hydrogens (tertiary/aromatic N) is 1. The zero-order chi connectivity index (χ0) is 4.41. The first-order chi connectivity index (χ1) is 2.89. The number of hydrogen-bond acceptors (Lipinski definition) is 2. The molecule has 0 aromatic carbocycles. The maximum absolute atomic E-state index is 5.34. The predicted molar refractivity (Wildman–Crippen MR) is 24.7 cm³/mol. The predicted octanol–water partition coefficient (Wildman–Crippen LogP) is -0.232. The van der Waals surface area contributed by atoms with E-state index in [0.29, 0.717) is 0 Å². The Morgan fingerprint density at radius 3 is 2.43 bits per heavy atom. The van der Waals surface area contributed by atoms with Gasteiger partial charge in [0.1, 0.15) is 0 Å². The normalized spacial score (nSPS) is 21.9. The molecular weight excluding hydrogens is 127 g/mol. The molecule has 0 amide bonds. The summed E-state index contributed by atoms with van der Waals surface area (Å²) in [7, 11) is 0. The third-order valence-corrected chi connectivity index (χ3v) is 0.984. The second-order valence-corrected chi connectivity index (χ2v) is 1.57. The van der Waals surface area contributed by atoms with Gasteiger partial charge in [0.15, 0.2) is 0 Å². The molecule has 2 nitrogen and oxygen atoms in total. The molecule has 1 radical (unpaired) electrons. The number of rotatable bonds is 0. The van der Waals surface area contributed by atoms with E-state index < -0.39 is 0 Å². The molecular formula is C4H9N2V-. The Morgan fingerprint density at radius 1 is 1.57 bits per heavy atom. The largest absolute Gasteiger partial charge is 0.312 e. The van der Waals surface area contributed by atoms with Gasteiger partial charge in [-0.25, -0.2) is 0 Å². The van der Waals surface area contributed by atoms with E-state index in [1.807, 2.05) is 0 Å². The minimum absolute atomic E-state index is 0. The van der Waals surface area contributed by atoms with E-state index in [0.717, 1.165) is 19.5 Å². The van der Waals surface area contributed by atoms with Crippen LogP contribution in [0.4, 0.5) is 0 Å². The van der Waals surface area contributed by atoms with Crippen molar-refractivity contribution in [3.63, 3.8) is 0 Å². The van der Waals surface area contributed by atoms with Crippen LogP contribution in [0.15, 0.2) is 0 Å². The van der Waals surface area contributed by atoms with Crippen LogP contribution in [0.1, 0.15) is 6.42 Å². The summed E-state index contributed by atoms with van der Waals surface area (Å²) in [5, 5.41) is 1.81. The van der Waals surface area contributed by atoms with Gasteiger partial charge in [-0.15, -0.1) is 6.54 Å². The molecule has 1 aliphatic rings. The SMILES string of the molecule is NN1C[CH-]CC1.[V]. The van der Waals surface area contributed by atoms with Crippen molar-refractivity contribution in [2.24, 2.45) is 5.84 Å². The molecule has 1 aliphatic heterocycles. The Kier molecular flexibility index (Phi) is 3.75. The van der Waals surface area contributed by atoms with Gasteiger partial charge in [0.05, 0.1) is 0 Å². The van der Waals surface area contributed by atoms with Crippen LogP contribution in [-0.4, -0.2) is 18.1 Å². The molecule has 7 heavy (non-hydrogen) atoms. The van der Waals surface area contributed by atoms with Crippen molar-refractivity contribution in [1.82, 2.24) is 5.01 Å². The molecule has 3 heteroatoms. The van der Waals surface area contributed by atoms with Crippen LogP contribution in [0.2, 0.25) is 0 Å². The third kappa shape index (κ3) is 2.34. The second-order valence-electron chi connectivity index (χ2n) is 1.57. The summed E-state index contributed by atoms with van der Waals surface area (Å²) in [5.41, 5.74) is 0. The molecule has 0 aliphatic carbocycles. The number of hydrogen-bond donors (Lipinski definition) is 1. The summed E-state index contributed by atoms with van der Waals surface area (Å²) in [6, 6.07) is 0. The number of hydrazine groups is 1. The van der Waals surface area contributed by atoms with Gasteiger partial charge in [-0.05, 0) is 6.54 Å². The first kappa shape index (κ1) is 7.50. The average molecular weight is 136 g/mol. The molecule has 41 valence electrons. The molecule has 0 unspecified atom stereocenters. The van der Waals surface area contributed by atoms with Crippen molar-refractivity contribution < 1.29 is 18.6 Å². The Hall–Kier alpha value is 0.504. The Balaban J connectivity index is 0.000000360. The average Bonchev–Trinajstić information content (AvgIpc) is 1.86. The van der Waals surface area contributed by atoms with Crippen LogP contribution in [0.5, 0.6) is 0 Å². The Morgan fingerprint density at radius 2 is 2.29 bits per heavy atom. The van der Waals surface area contributed by atoms with Crippen LogP contribution in [0.3, 0.4) is 0 Å². The molecule has 0 atom stereocenters. The van der Waals surface area contributed by atoms with Crippen LogP contribution >= 0.6 is 0 Å². The molecule has 1 rings (SSSR count). The van der Waals surface area contributed by atoms with Crippen molar-refractivity contribution in [3.05, 3.63) is 6.42 Å². The summed E-state index contributed by atoms with van der Waals surface area (Å²) in [6.07, 6.45) is 3.34. The summed E-state index contributed by atoms with van der Waals surface area (Å²) < 4.78 is 0. The van der Waals surface area contributed by atoms with E-state index in [4.69, 9.17) is 5.84 Å². The van der Waals surface area contributed by atoms with Crippen molar-refractivity contribution in [2.75, 3.05) is 13.1 Å². The minimum Gasteiger partial charge on any atom is -0.312 e. The quantitative estimate of drug-likeness (QED) is 0.368. The van der Waals surface area contributed by atoms with Gasteiger partial charge in [0, 0.05) is 18.6 Å². The van der Waals surface area contributed by atoms with E-state index in [1.54, 1.807) is 5.01 Å². The van der Waals surface area contributed by atoms with Gasteiger partial charge >= 0.3 is 0 Å². The topological polar surface area (TPSA) is 29.3 Å². The standard InChI is InChI=1S/C4H9N2.V/c5-6-3-1-2-4-6;/h1H,2-5H2;/q-1;. The van der Waals surface area contributed by atoms with E-state index in [-0.39, 0.29) is 18.6 Å².